The number of nitrogens with one attached hydrogen (secondary N) is 1. The fourth-order valence-corrected chi connectivity index (χ4v) is 2.98. The second-order valence-electron chi connectivity index (χ2n) is 4.57. The van der Waals surface area contributed by atoms with Gasteiger partial charge in [0, 0.05) is 15.5 Å². The van der Waals surface area contributed by atoms with Crippen LogP contribution in [0.4, 0.5) is 4.39 Å². The first kappa shape index (κ1) is 15.5. The molecule has 0 heterocycles. The van der Waals surface area contributed by atoms with Crippen LogP contribution in [0.25, 0.3) is 0 Å². The Morgan fingerprint density at radius 2 is 2.00 bits per heavy atom. The fraction of sp³-hybridized carbons (Fsp3) is 0.250. The molecular formula is C16H16BrClFN. The number of halogens is 3. The minimum Gasteiger partial charge on any atom is -0.310 e. The van der Waals surface area contributed by atoms with Crippen molar-refractivity contribution in [2.75, 3.05) is 6.54 Å². The summed E-state index contributed by atoms with van der Waals surface area (Å²) < 4.78 is 13.9. The van der Waals surface area contributed by atoms with Crippen molar-refractivity contribution >= 4 is 27.5 Å². The minimum atomic E-state index is -0.238. The van der Waals surface area contributed by atoms with Gasteiger partial charge in [-0.05, 0) is 42.3 Å². The van der Waals surface area contributed by atoms with Crippen LogP contribution in [-0.4, -0.2) is 6.54 Å². The highest BCUT2D eigenvalue weighted by Crippen LogP contribution is 2.28. The minimum absolute atomic E-state index is 0.107. The van der Waals surface area contributed by atoms with Crippen molar-refractivity contribution in [3.63, 3.8) is 0 Å². The largest absolute Gasteiger partial charge is 0.310 e. The van der Waals surface area contributed by atoms with Crippen LogP contribution < -0.4 is 5.32 Å². The second-order valence-corrected chi connectivity index (χ2v) is 5.83. The van der Waals surface area contributed by atoms with E-state index >= 15 is 0 Å². The maximum Gasteiger partial charge on any atom is 0.124 e. The Kier molecular flexibility index (Phi) is 5.58. The third-order valence-electron chi connectivity index (χ3n) is 3.17. The molecule has 0 saturated heterocycles. The van der Waals surface area contributed by atoms with Crippen LogP contribution in [0.3, 0.4) is 0 Å². The highest BCUT2D eigenvalue weighted by Gasteiger charge is 2.15. The Balaban J connectivity index is 2.28. The highest BCUT2D eigenvalue weighted by atomic mass is 79.9. The van der Waals surface area contributed by atoms with Gasteiger partial charge in [0.15, 0.2) is 0 Å². The van der Waals surface area contributed by atoms with Gasteiger partial charge in [0.1, 0.15) is 5.82 Å². The lowest BCUT2D eigenvalue weighted by atomic mass is 9.98. The standard InChI is InChI=1S/C16H16BrClFN/c1-2-20-16(13-5-3-4-6-15(13)18)9-11-7-8-12(19)10-14(11)17/h3-8,10,16,20H,2,9H2,1H3. The highest BCUT2D eigenvalue weighted by molar-refractivity contribution is 9.10. The van der Waals surface area contributed by atoms with Crippen molar-refractivity contribution in [2.24, 2.45) is 0 Å². The van der Waals surface area contributed by atoms with Crippen LogP contribution in [-0.2, 0) is 6.42 Å². The van der Waals surface area contributed by atoms with Crippen LogP contribution in [0.5, 0.6) is 0 Å². The van der Waals surface area contributed by atoms with Gasteiger partial charge in [0.05, 0.1) is 0 Å². The Morgan fingerprint density at radius 1 is 1.25 bits per heavy atom. The third kappa shape index (κ3) is 3.81. The molecule has 2 aromatic rings. The maximum absolute atomic E-state index is 13.2. The van der Waals surface area contributed by atoms with Crippen molar-refractivity contribution in [2.45, 2.75) is 19.4 Å². The van der Waals surface area contributed by atoms with E-state index in [0.29, 0.717) is 0 Å². The Bertz CT molecular complexity index is 588. The molecule has 20 heavy (non-hydrogen) atoms. The van der Waals surface area contributed by atoms with Gasteiger partial charge < -0.3 is 5.32 Å². The zero-order valence-electron chi connectivity index (χ0n) is 11.2. The molecule has 106 valence electrons. The Morgan fingerprint density at radius 3 is 2.65 bits per heavy atom. The molecule has 0 bridgehead atoms. The molecule has 0 saturated carbocycles. The number of hydrogen-bond acceptors (Lipinski definition) is 1. The monoisotopic (exact) mass is 355 g/mol. The molecule has 0 radical (unpaired) electrons. The topological polar surface area (TPSA) is 12.0 Å². The van der Waals surface area contributed by atoms with E-state index in [1.165, 1.54) is 12.1 Å². The molecule has 1 unspecified atom stereocenters. The molecular weight excluding hydrogens is 341 g/mol. The predicted octanol–water partition coefficient (Wildman–Crippen LogP) is 5.13. The molecule has 0 aliphatic carbocycles. The molecule has 1 nitrogen and oxygen atoms in total. The van der Waals surface area contributed by atoms with Crippen molar-refractivity contribution in [3.8, 4) is 0 Å². The van der Waals surface area contributed by atoms with E-state index in [2.05, 4.69) is 28.2 Å². The normalized spacial score (nSPS) is 12.4. The third-order valence-corrected chi connectivity index (χ3v) is 4.25. The summed E-state index contributed by atoms with van der Waals surface area (Å²) in [5.74, 6) is -0.238. The summed E-state index contributed by atoms with van der Waals surface area (Å²) in [6.07, 6.45) is 0.748. The summed E-state index contributed by atoms with van der Waals surface area (Å²) in [6, 6.07) is 12.7. The second kappa shape index (κ2) is 7.21. The molecule has 4 heteroatoms. The number of benzene rings is 2. The lowest BCUT2D eigenvalue weighted by Gasteiger charge is -2.20. The average Bonchev–Trinajstić information content (AvgIpc) is 2.42. The molecule has 2 rings (SSSR count). The summed E-state index contributed by atoms with van der Waals surface area (Å²) in [7, 11) is 0. The number of hydrogen-bond donors (Lipinski definition) is 1. The van der Waals surface area contributed by atoms with Gasteiger partial charge in [-0.15, -0.1) is 0 Å². The molecule has 0 aromatic heterocycles. The molecule has 0 amide bonds. The quantitative estimate of drug-likeness (QED) is 0.782. The predicted molar refractivity (Wildman–Crippen MR) is 85.7 cm³/mol. The van der Waals surface area contributed by atoms with E-state index in [4.69, 9.17) is 11.6 Å². The zero-order valence-corrected chi connectivity index (χ0v) is 13.5. The number of likely N-dealkylation sites (N-methyl/N-ethyl adjacent to an activating group) is 1. The van der Waals surface area contributed by atoms with Gasteiger partial charge in [0.2, 0.25) is 0 Å². The van der Waals surface area contributed by atoms with Crippen LogP contribution in [0.2, 0.25) is 5.02 Å². The first-order valence-corrected chi connectivity index (χ1v) is 7.70. The Labute approximate surface area is 132 Å². The van der Waals surface area contributed by atoms with Gasteiger partial charge in [-0.3, -0.25) is 0 Å². The van der Waals surface area contributed by atoms with E-state index in [1.54, 1.807) is 6.07 Å². The van der Waals surface area contributed by atoms with Crippen LogP contribution in [0, 0.1) is 5.82 Å². The van der Waals surface area contributed by atoms with Crippen molar-refractivity contribution in [3.05, 3.63) is 68.9 Å². The van der Waals surface area contributed by atoms with Crippen LogP contribution in [0.1, 0.15) is 24.1 Å². The zero-order chi connectivity index (χ0) is 14.5. The van der Waals surface area contributed by atoms with Gasteiger partial charge in [0.25, 0.3) is 0 Å². The maximum atomic E-state index is 13.2. The van der Waals surface area contributed by atoms with Gasteiger partial charge in [-0.25, -0.2) is 4.39 Å². The van der Waals surface area contributed by atoms with E-state index in [1.807, 2.05) is 24.3 Å². The van der Waals surface area contributed by atoms with Crippen molar-refractivity contribution < 1.29 is 4.39 Å². The summed E-state index contributed by atoms with van der Waals surface area (Å²) in [5, 5.41) is 4.18. The van der Waals surface area contributed by atoms with Crippen LogP contribution >= 0.6 is 27.5 Å². The molecule has 0 aliphatic rings. The summed E-state index contributed by atoms with van der Waals surface area (Å²) in [6.45, 7) is 2.90. The average molecular weight is 357 g/mol. The van der Waals surface area contributed by atoms with E-state index in [9.17, 15) is 4.39 Å². The van der Waals surface area contributed by atoms with Gasteiger partial charge in [-0.1, -0.05) is 58.7 Å². The van der Waals surface area contributed by atoms with E-state index in [-0.39, 0.29) is 11.9 Å². The molecule has 2 aromatic carbocycles. The van der Waals surface area contributed by atoms with Crippen molar-refractivity contribution in [1.82, 2.24) is 5.32 Å². The van der Waals surface area contributed by atoms with Gasteiger partial charge >= 0.3 is 0 Å². The summed E-state index contributed by atoms with van der Waals surface area (Å²) in [4.78, 5) is 0. The molecule has 0 spiro atoms. The van der Waals surface area contributed by atoms with Crippen molar-refractivity contribution in [1.29, 1.82) is 0 Å². The lowest BCUT2D eigenvalue weighted by molar-refractivity contribution is 0.548. The lowest BCUT2D eigenvalue weighted by Crippen LogP contribution is -2.23. The summed E-state index contributed by atoms with van der Waals surface area (Å²) in [5.41, 5.74) is 2.12. The first-order valence-electron chi connectivity index (χ1n) is 6.53. The van der Waals surface area contributed by atoms with E-state index in [0.717, 1.165) is 33.6 Å². The first-order chi connectivity index (χ1) is 9.61. The molecule has 0 aliphatic heterocycles. The van der Waals surface area contributed by atoms with Gasteiger partial charge in [-0.2, -0.15) is 0 Å². The SMILES string of the molecule is CCNC(Cc1ccc(F)cc1Br)c1ccccc1Cl. The van der Waals surface area contributed by atoms with E-state index < -0.39 is 0 Å². The Hall–Kier alpha value is -0.900. The molecule has 1 atom stereocenters. The summed E-state index contributed by atoms with van der Waals surface area (Å²) >= 11 is 9.69. The fourth-order valence-electron chi connectivity index (χ4n) is 2.20. The number of rotatable bonds is 5. The van der Waals surface area contributed by atoms with Crippen LogP contribution in [0.15, 0.2) is 46.9 Å². The molecule has 1 N–H and O–H groups in total. The smallest absolute Gasteiger partial charge is 0.124 e. The molecule has 0 fully saturated rings.